The van der Waals surface area contributed by atoms with Gasteiger partial charge < -0.3 is 14.8 Å². The Morgan fingerprint density at radius 1 is 0.949 bits per heavy atom. The van der Waals surface area contributed by atoms with Gasteiger partial charge in [0.05, 0.1) is 30.9 Å². The summed E-state index contributed by atoms with van der Waals surface area (Å²) in [5.41, 5.74) is 0.0621. The molecule has 0 atom stereocenters. The fourth-order valence-electron chi connectivity index (χ4n) is 3.87. The highest BCUT2D eigenvalue weighted by Gasteiger charge is 2.31. The fourth-order valence-corrected chi connectivity index (χ4v) is 6.88. The van der Waals surface area contributed by atoms with Crippen LogP contribution in [-0.2, 0) is 29.6 Å². The molecule has 1 fully saturated rings. The normalized spacial score (nSPS) is 14.5. The first-order valence-electron chi connectivity index (χ1n) is 11.6. The number of carbonyl (C=O) groups excluding carboxylic acids is 1. The van der Waals surface area contributed by atoms with E-state index >= 15 is 0 Å². The van der Waals surface area contributed by atoms with Crippen molar-refractivity contribution < 1.29 is 39.9 Å². The van der Waals surface area contributed by atoms with Gasteiger partial charge in [-0.3, -0.25) is 9.10 Å². The van der Waals surface area contributed by atoms with E-state index in [0.29, 0.717) is 0 Å². The molecule has 208 valence electrons. The van der Waals surface area contributed by atoms with Crippen molar-refractivity contribution >= 4 is 37.3 Å². The molecule has 1 heterocycles. The van der Waals surface area contributed by atoms with Crippen molar-refractivity contribution in [2.45, 2.75) is 9.79 Å². The van der Waals surface area contributed by atoms with Crippen LogP contribution >= 0.6 is 0 Å². The average Bonchev–Trinajstić information content (AvgIpc) is 2.93. The van der Waals surface area contributed by atoms with Crippen molar-refractivity contribution in [1.29, 1.82) is 0 Å². The van der Waals surface area contributed by atoms with Crippen LogP contribution < -0.4 is 14.4 Å². The summed E-state index contributed by atoms with van der Waals surface area (Å²) in [5.74, 6) is -2.02. The smallest absolute Gasteiger partial charge is 0.264 e. The molecule has 0 saturated carbocycles. The number of nitrogens with zero attached hydrogens (tertiary/aromatic N) is 2. The Morgan fingerprint density at radius 2 is 1.54 bits per heavy atom. The third-order valence-corrected chi connectivity index (χ3v) is 9.55. The van der Waals surface area contributed by atoms with E-state index in [1.54, 1.807) is 0 Å². The lowest BCUT2D eigenvalue weighted by atomic mass is 10.3. The molecule has 0 aromatic heterocycles. The number of amides is 1. The van der Waals surface area contributed by atoms with E-state index in [1.807, 2.05) is 0 Å². The van der Waals surface area contributed by atoms with Gasteiger partial charge in [0.25, 0.3) is 10.0 Å². The van der Waals surface area contributed by atoms with Crippen LogP contribution in [-0.4, -0.2) is 67.0 Å². The minimum Gasteiger partial charge on any atom is -0.495 e. The number of anilines is 2. The van der Waals surface area contributed by atoms with E-state index in [9.17, 15) is 30.4 Å². The highest BCUT2D eigenvalue weighted by molar-refractivity contribution is 7.92. The predicted octanol–water partition coefficient (Wildman–Crippen LogP) is 2.83. The molecule has 0 radical (unpaired) electrons. The monoisotopic (exact) mass is 581 g/mol. The van der Waals surface area contributed by atoms with Gasteiger partial charge in [0.2, 0.25) is 15.9 Å². The largest absolute Gasteiger partial charge is 0.495 e. The minimum absolute atomic E-state index is 0.0128. The molecule has 1 amide bonds. The number of rotatable bonds is 9. The second-order valence-electron chi connectivity index (χ2n) is 8.37. The number of methoxy groups -OCH3 is 1. The van der Waals surface area contributed by atoms with Crippen molar-refractivity contribution in [3.05, 3.63) is 78.4 Å². The van der Waals surface area contributed by atoms with E-state index in [0.717, 1.165) is 40.7 Å². The highest BCUT2D eigenvalue weighted by atomic mass is 32.2. The summed E-state index contributed by atoms with van der Waals surface area (Å²) < 4.78 is 92.6. The quantitative estimate of drug-likeness (QED) is 0.412. The topological polar surface area (TPSA) is 122 Å². The van der Waals surface area contributed by atoms with Gasteiger partial charge >= 0.3 is 0 Å². The van der Waals surface area contributed by atoms with Crippen LogP contribution in [0.5, 0.6) is 5.75 Å². The van der Waals surface area contributed by atoms with Crippen molar-refractivity contribution in [3.63, 3.8) is 0 Å². The van der Waals surface area contributed by atoms with Gasteiger partial charge in [-0.15, -0.1) is 0 Å². The summed E-state index contributed by atoms with van der Waals surface area (Å²) >= 11 is 0. The third-order valence-electron chi connectivity index (χ3n) is 5.84. The summed E-state index contributed by atoms with van der Waals surface area (Å²) in [6, 6.07) is 12.5. The minimum atomic E-state index is -4.38. The number of halogens is 2. The molecule has 4 rings (SSSR count). The van der Waals surface area contributed by atoms with Gasteiger partial charge in [-0.2, -0.15) is 4.31 Å². The molecule has 1 N–H and O–H groups in total. The number of nitrogens with one attached hydrogen (secondary N) is 1. The second kappa shape index (κ2) is 11.7. The number of hydrogen-bond donors (Lipinski definition) is 1. The summed E-state index contributed by atoms with van der Waals surface area (Å²) in [5, 5.41) is 2.51. The van der Waals surface area contributed by atoms with Crippen molar-refractivity contribution in [1.82, 2.24) is 4.31 Å². The lowest BCUT2D eigenvalue weighted by molar-refractivity contribution is -0.114. The number of sulfonamides is 2. The molecule has 0 aliphatic carbocycles. The zero-order chi connectivity index (χ0) is 28.2. The van der Waals surface area contributed by atoms with Crippen molar-refractivity contribution in [3.8, 4) is 5.75 Å². The molecule has 3 aromatic rings. The summed E-state index contributed by atoms with van der Waals surface area (Å²) in [4.78, 5) is 12.6. The first-order valence-corrected chi connectivity index (χ1v) is 14.5. The van der Waals surface area contributed by atoms with Crippen LogP contribution in [0.4, 0.5) is 20.2 Å². The maximum atomic E-state index is 13.5. The number of morpholine rings is 1. The summed E-state index contributed by atoms with van der Waals surface area (Å²) in [6.45, 7) is 0.0221. The zero-order valence-corrected chi connectivity index (χ0v) is 22.3. The third kappa shape index (κ3) is 6.36. The molecule has 39 heavy (non-hydrogen) atoms. The van der Waals surface area contributed by atoms with Gasteiger partial charge in [-0.25, -0.2) is 25.6 Å². The number of hydrogen-bond acceptors (Lipinski definition) is 7. The van der Waals surface area contributed by atoms with Crippen LogP contribution in [0.25, 0.3) is 0 Å². The van der Waals surface area contributed by atoms with Gasteiger partial charge in [0.1, 0.15) is 28.8 Å². The Morgan fingerprint density at radius 3 is 2.13 bits per heavy atom. The second-order valence-corrected chi connectivity index (χ2v) is 12.1. The van der Waals surface area contributed by atoms with E-state index < -0.39 is 44.1 Å². The van der Waals surface area contributed by atoms with E-state index in [1.165, 1.54) is 41.7 Å². The fraction of sp³-hybridized carbons (Fsp3) is 0.240. The maximum absolute atomic E-state index is 13.5. The molecule has 0 unspecified atom stereocenters. The Bertz CT molecular complexity index is 1540. The molecule has 1 aliphatic rings. The van der Waals surface area contributed by atoms with Crippen LogP contribution in [0.1, 0.15) is 0 Å². The molecular weight excluding hydrogens is 556 g/mol. The van der Waals surface area contributed by atoms with Crippen LogP contribution in [0.3, 0.4) is 0 Å². The number of carbonyl (C=O) groups is 1. The molecule has 0 bridgehead atoms. The predicted molar refractivity (Wildman–Crippen MR) is 139 cm³/mol. The SMILES string of the molecule is COc1ccc(NC(=O)CN(c2ccc(F)cc2)S(=O)(=O)c2ccc(F)cc2)cc1S(=O)(=O)N1CCOCC1. The van der Waals surface area contributed by atoms with Crippen LogP contribution in [0.15, 0.2) is 76.5 Å². The Balaban J connectivity index is 1.63. The first-order chi connectivity index (χ1) is 18.5. The number of ether oxygens (including phenoxy) is 2. The molecular formula is C25H25F2N3O7S2. The molecule has 3 aromatic carbocycles. The first kappa shape index (κ1) is 28.4. The van der Waals surface area contributed by atoms with Gasteiger partial charge in [0, 0.05) is 18.8 Å². The number of benzene rings is 3. The molecule has 1 saturated heterocycles. The van der Waals surface area contributed by atoms with Gasteiger partial charge in [0.15, 0.2) is 0 Å². The van der Waals surface area contributed by atoms with E-state index in [2.05, 4.69) is 5.32 Å². The maximum Gasteiger partial charge on any atom is 0.264 e. The summed E-state index contributed by atoms with van der Waals surface area (Å²) in [6.07, 6.45) is 0. The standard InChI is InChI=1S/C25H25F2N3O7S2/c1-36-23-11-6-20(16-24(23)39(34,35)29-12-14-37-15-13-29)28-25(31)17-30(21-7-2-18(26)3-8-21)38(32,33)22-9-4-19(27)5-10-22/h2-11,16H,12-15,17H2,1H3,(H,28,31). The van der Waals surface area contributed by atoms with Crippen LogP contribution in [0.2, 0.25) is 0 Å². The Hall–Kier alpha value is -3.59. The van der Waals surface area contributed by atoms with Gasteiger partial charge in [-0.1, -0.05) is 0 Å². The van der Waals surface area contributed by atoms with Crippen molar-refractivity contribution in [2.24, 2.45) is 0 Å². The van der Waals surface area contributed by atoms with Crippen molar-refractivity contribution in [2.75, 3.05) is 49.6 Å². The zero-order valence-electron chi connectivity index (χ0n) is 20.7. The lowest BCUT2D eigenvalue weighted by Crippen LogP contribution is -2.40. The van der Waals surface area contributed by atoms with E-state index in [-0.39, 0.29) is 53.2 Å². The highest BCUT2D eigenvalue weighted by Crippen LogP contribution is 2.30. The Labute approximate surface area is 224 Å². The molecule has 1 aliphatic heterocycles. The van der Waals surface area contributed by atoms with E-state index in [4.69, 9.17) is 9.47 Å². The lowest BCUT2D eigenvalue weighted by Gasteiger charge is -2.27. The molecule has 10 nitrogen and oxygen atoms in total. The molecule has 14 heteroatoms. The Kier molecular flexibility index (Phi) is 8.49. The summed E-state index contributed by atoms with van der Waals surface area (Å²) in [7, 11) is -7.06. The average molecular weight is 582 g/mol. The molecule has 0 spiro atoms. The van der Waals surface area contributed by atoms with Gasteiger partial charge in [-0.05, 0) is 66.7 Å². The van der Waals surface area contributed by atoms with Crippen LogP contribution in [0, 0.1) is 11.6 Å².